The lowest BCUT2D eigenvalue weighted by Gasteiger charge is -2.18. The van der Waals surface area contributed by atoms with Crippen LogP contribution >= 0.6 is 0 Å². The predicted molar refractivity (Wildman–Crippen MR) is 269 cm³/mol. The van der Waals surface area contributed by atoms with Gasteiger partial charge in [-0.1, -0.05) is 187 Å². The summed E-state index contributed by atoms with van der Waals surface area (Å²) in [4.78, 5) is 25.3. The van der Waals surface area contributed by atoms with Crippen molar-refractivity contribution in [1.82, 2.24) is 0 Å². The minimum absolute atomic E-state index is 0.0360. The van der Waals surface area contributed by atoms with Crippen LogP contribution in [0.15, 0.2) is 122 Å². The van der Waals surface area contributed by atoms with Crippen molar-refractivity contribution in [2.45, 2.75) is 207 Å². The number of carbonyl (C=O) groups excluding carboxylic acids is 2. The van der Waals surface area contributed by atoms with Gasteiger partial charge in [-0.2, -0.15) is 0 Å². The number of allylic oxidation sites excluding steroid dienone is 20. The van der Waals surface area contributed by atoms with Crippen LogP contribution in [-0.2, 0) is 23.8 Å². The smallest absolute Gasteiger partial charge is 0.306 e. The maximum absolute atomic E-state index is 12.8. The van der Waals surface area contributed by atoms with Crippen LogP contribution in [0.25, 0.3) is 0 Å². The molecule has 0 spiro atoms. The molecule has 0 aliphatic rings. The van der Waals surface area contributed by atoms with Gasteiger partial charge in [0.25, 0.3) is 0 Å². The van der Waals surface area contributed by atoms with Crippen molar-refractivity contribution < 1.29 is 23.8 Å². The average Bonchev–Trinajstić information content (AvgIpc) is 3.27. The molecule has 0 aliphatic carbocycles. The highest BCUT2D eigenvalue weighted by molar-refractivity contribution is 5.70. The minimum Gasteiger partial charge on any atom is -0.462 e. The summed E-state index contributed by atoms with van der Waals surface area (Å²) in [6, 6.07) is 0. The molecule has 350 valence electrons. The van der Waals surface area contributed by atoms with Gasteiger partial charge in [0.1, 0.15) is 6.61 Å². The standard InChI is InChI=1S/C57H92O5/c1-4-7-10-13-16-19-22-25-26-27-28-29-30-31-34-37-40-43-46-49-52-60-53-55(62-57(59)51-48-45-42-39-36-33-24-21-18-15-12-9-6-3)54-61-56(58)50-47-44-41-38-35-32-23-20-17-14-11-8-5-2/h7-8,10-11,16-17,19-21,24-26,28-29,31-32,34-35,40,43,55H,4-6,9,12-15,18,22-23,27,30,33,36-39,41-42,44-54H2,1-3H3/b10-7-,11-8-,19-16-,20-17-,24-21-,26-25-,29-28-,34-31-,35-32-,43-40-. The molecule has 0 aromatic carbocycles. The second kappa shape index (κ2) is 51.6. The summed E-state index contributed by atoms with van der Waals surface area (Å²) >= 11 is 0. The van der Waals surface area contributed by atoms with E-state index in [1.807, 2.05) is 0 Å². The molecule has 0 radical (unpaired) electrons. The number of unbranched alkanes of at least 4 members (excludes halogenated alkanes) is 13. The van der Waals surface area contributed by atoms with E-state index in [1.165, 1.54) is 44.9 Å². The second-order valence-electron chi connectivity index (χ2n) is 15.9. The number of ether oxygens (including phenoxy) is 3. The molecule has 0 aromatic rings. The van der Waals surface area contributed by atoms with Crippen LogP contribution in [-0.4, -0.2) is 37.9 Å². The largest absolute Gasteiger partial charge is 0.462 e. The normalized spacial score (nSPS) is 13.3. The quantitative estimate of drug-likeness (QED) is 0.0347. The maximum atomic E-state index is 12.8. The van der Waals surface area contributed by atoms with Gasteiger partial charge in [-0.25, -0.2) is 0 Å². The highest BCUT2D eigenvalue weighted by atomic mass is 16.6. The number of hydrogen-bond acceptors (Lipinski definition) is 5. The molecule has 5 nitrogen and oxygen atoms in total. The Labute approximate surface area is 382 Å². The Kier molecular flexibility index (Phi) is 48.6. The van der Waals surface area contributed by atoms with Crippen molar-refractivity contribution in [3.05, 3.63) is 122 Å². The fraction of sp³-hybridized carbons (Fsp3) is 0.614. The molecule has 0 amide bonds. The predicted octanol–water partition coefficient (Wildman–Crippen LogP) is 17.0. The Balaban J connectivity index is 4.44. The molecule has 1 atom stereocenters. The Hall–Kier alpha value is -3.70. The van der Waals surface area contributed by atoms with Crippen LogP contribution in [0.3, 0.4) is 0 Å². The van der Waals surface area contributed by atoms with E-state index < -0.39 is 6.10 Å². The highest BCUT2D eigenvalue weighted by Crippen LogP contribution is 2.12. The summed E-state index contributed by atoms with van der Waals surface area (Å²) < 4.78 is 17.3. The van der Waals surface area contributed by atoms with Gasteiger partial charge in [0, 0.05) is 19.4 Å². The lowest BCUT2D eigenvalue weighted by atomic mass is 10.1. The third kappa shape index (κ3) is 49.0. The van der Waals surface area contributed by atoms with Gasteiger partial charge < -0.3 is 14.2 Å². The fourth-order valence-electron chi connectivity index (χ4n) is 6.30. The number of carbonyl (C=O) groups is 2. The molecule has 0 saturated heterocycles. The zero-order valence-electron chi connectivity index (χ0n) is 40.1. The summed E-state index contributed by atoms with van der Waals surface area (Å²) in [7, 11) is 0. The molecule has 0 aromatic heterocycles. The molecule has 0 heterocycles. The van der Waals surface area contributed by atoms with Gasteiger partial charge in [0.2, 0.25) is 0 Å². The molecule has 0 rings (SSSR count). The van der Waals surface area contributed by atoms with Gasteiger partial charge in [0.15, 0.2) is 6.10 Å². The van der Waals surface area contributed by atoms with E-state index in [9.17, 15) is 9.59 Å². The molecular weight excluding hydrogens is 765 g/mol. The van der Waals surface area contributed by atoms with Crippen molar-refractivity contribution in [3.8, 4) is 0 Å². The topological polar surface area (TPSA) is 61.8 Å². The van der Waals surface area contributed by atoms with Crippen LogP contribution in [0.2, 0.25) is 0 Å². The van der Waals surface area contributed by atoms with Crippen molar-refractivity contribution >= 4 is 11.9 Å². The Morgan fingerprint density at radius 3 is 1.19 bits per heavy atom. The number of esters is 2. The lowest BCUT2D eigenvalue weighted by molar-refractivity contribution is -0.163. The zero-order chi connectivity index (χ0) is 44.9. The first-order chi connectivity index (χ1) is 30.6. The van der Waals surface area contributed by atoms with Crippen LogP contribution in [0, 0.1) is 0 Å². The molecular formula is C57H92O5. The first-order valence-electron chi connectivity index (χ1n) is 25.1. The van der Waals surface area contributed by atoms with Gasteiger partial charge in [-0.05, 0) is 122 Å². The fourth-order valence-corrected chi connectivity index (χ4v) is 6.30. The Morgan fingerprint density at radius 2 is 0.726 bits per heavy atom. The summed E-state index contributed by atoms with van der Waals surface area (Å²) in [6.07, 6.45) is 72.2. The van der Waals surface area contributed by atoms with Crippen molar-refractivity contribution in [2.24, 2.45) is 0 Å². The van der Waals surface area contributed by atoms with Crippen LogP contribution in [0.4, 0.5) is 0 Å². The van der Waals surface area contributed by atoms with Gasteiger partial charge >= 0.3 is 11.9 Å². The third-order valence-electron chi connectivity index (χ3n) is 9.96. The summed E-state index contributed by atoms with van der Waals surface area (Å²) in [6.45, 7) is 7.38. The Morgan fingerprint density at radius 1 is 0.371 bits per heavy atom. The zero-order valence-corrected chi connectivity index (χ0v) is 40.1. The Bertz CT molecular complexity index is 1290. The van der Waals surface area contributed by atoms with Crippen LogP contribution in [0.1, 0.15) is 201 Å². The third-order valence-corrected chi connectivity index (χ3v) is 9.96. The molecule has 5 heteroatoms. The van der Waals surface area contributed by atoms with E-state index >= 15 is 0 Å². The molecule has 0 N–H and O–H groups in total. The van der Waals surface area contributed by atoms with Crippen molar-refractivity contribution in [3.63, 3.8) is 0 Å². The monoisotopic (exact) mass is 857 g/mol. The molecule has 0 saturated carbocycles. The van der Waals surface area contributed by atoms with E-state index in [4.69, 9.17) is 14.2 Å². The second-order valence-corrected chi connectivity index (χ2v) is 15.9. The molecule has 0 bridgehead atoms. The molecule has 62 heavy (non-hydrogen) atoms. The average molecular weight is 857 g/mol. The van der Waals surface area contributed by atoms with Gasteiger partial charge in [0.05, 0.1) is 6.61 Å². The molecule has 0 fully saturated rings. The van der Waals surface area contributed by atoms with E-state index in [0.29, 0.717) is 19.4 Å². The highest BCUT2D eigenvalue weighted by Gasteiger charge is 2.17. The SMILES string of the molecule is CC/C=C\C/C=C\C/C=C\C/C=C\C/C=C\C/C=C\CCCOCC(COC(=O)CCCCC/C=C\C/C=C\C/C=C\CC)OC(=O)CCCCCCC/C=C\CCCCCC. The summed E-state index contributed by atoms with van der Waals surface area (Å²) in [5.74, 6) is -0.483. The minimum atomic E-state index is -0.590. The van der Waals surface area contributed by atoms with Crippen LogP contribution < -0.4 is 0 Å². The molecule has 0 aliphatic heterocycles. The van der Waals surface area contributed by atoms with E-state index in [1.54, 1.807) is 0 Å². The van der Waals surface area contributed by atoms with Crippen molar-refractivity contribution in [1.29, 1.82) is 0 Å². The molecule has 1 unspecified atom stereocenters. The van der Waals surface area contributed by atoms with Gasteiger partial charge in [-0.15, -0.1) is 0 Å². The van der Waals surface area contributed by atoms with Crippen LogP contribution in [0.5, 0.6) is 0 Å². The summed E-state index contributed by atoms with van der Waals surface area (Å²) in [5, 5.41) is 0. The summed E-state index contributed by atoms with van der Waals surface area (Å²) in [5.41, 5.74) is 0. The van der Waals surface area contributed by atoms with E-state index in [2.05, 4.69) is 142 Å². The lowest BCUT2D eigenvalue weighted by Crippen LogP contribution is -2.30. The van der Waals surface area contributed by atoms with E-state index in [0.717, 1.165) is 122 Å². The number of hydrogen-bond donors (Lipinski definition) is 0. The van der Waals surface area contributed by atoms with E-state index in [-0.39, 0.29) is 25.2 Å². The van der Waals surface area contributed by atoms with Gasteiger partial charge in [-0.3, -0.25) is 9.59 Å². The first-order valence-corrected chi connectivity index (χ1v) is 25.1. The first kappa shape index (κ1) is 58.3. The van der Waals surface area contributed by atoms with Crippen molar-refractivity contribution in [2.75, 3.05) is 19.8 Å². The number of rotatable bonds is 44. The maximum Gasteiger partial charge on any atom is 0.306 e.